The third-order valence-electron chi connectivity index (χ3n) is 4.56. The molecule has 0 aliphatic heterocycles. The number of benzene rings is 2. The molecular weight excluding hydrogens is 362 g/mol. The van der Waals surface area contributed by atoms with Crippen LogP contribution in [0.2, 0.25) is 0 Å². The van der Waals surface area contributed by atoms with E-state index < -0.39 is 4.92 Å². The van der Waals surface area contributed by atoms with Crippen molar-refractivity contribution in [3.05, 3.63) is 57.6 Å². The Morgan fingerprint density at radius 2 is 1.96 bits per heavy atom. The van der Waals surface area contributed by atoms with Crippen LogP contribution < -0.4 is 20.1 Å². The normalized spacial score (nSPS) is 12.9. The maximum atomic E-state index is 12.4. The van der Waals surface area contributed by atoms with E-state index in [1.165, 1.54) is 6.07 Å². The summed E-state index contributed by atoms with van der Waals surface area (Å²) in [5.41, 5.74) is 1.52. The van der Waals surface area contributed by atoms with Gasteiger partial charge in [-0.2, -0.15) is 0 Å². The molecule has 0 bridgehead atoms. The lowest BCUT2D eigenvalue weighted by molar-refractivity contribution is -0.384. The minimum absolute atomic E-state index is 0.0889. The van der Waals surface area contributed by atoms with Gasteiger partial charge in [-0.1, -0.05) is 0 Å². The molecule has 0 saturated heterocycles. The number of anilines is 1. The summed E-state index contributed by atoms with van der Waals surface area (Å²) in [6.45, 7) is 0.359. The quantitative estimate of drug-likeness (QED) is 0.508. The van der Waals surface area contributed by atoms with E-state index in [1.54, 1.807) is 32.4 Å². The Morgan fingerprint density at radius 3 is 2.61 bits per heavy atom. The molecule has 2 aromatic carbocycles. The first-order valence-corrected chi connectivity index (χ1v) is 9.06. The molecule has 8 heteroatoms. The summed E-state index contributed by atoms with van der Waals surface area (Å²) in [4.78, 5) is 23.3. The largest absolute Gasteiger partial charge is 0.497 e. The van der Waals surface area contributed by atoms with Crippen molar-refractivity contribution in [1.29, 1.82) is 0 Å². The van der Waals surface area contributed by atoms with Gasteiger partial charge >= 0.3 is 0 Å². The summed E-state index contributed by atoms with van der Waals surface area (Å²) in [6, 6.07) is 10.3. The molecule has 28 heavy (non-hydrogen) atoms. The van der Waals surface area contributed by atoms with Crippen LogP contribution in [0.4, 0.5) is 11.4 Å². The molecule has 1 amide bonds. The van der Waals surface area contributed by atoms with Crippen LogP contribution in [-0.4, -0.2) is 37.6 Å². The summed E-state index contributed by atoms with van der Waals surface area (Å²) >= 11 is 0. The maximum absolute atomic E-state index is 12.4. The molecule has 0 spiro atoms. The fourth-order valence-corrected chi connectivity index (χ4v) is 2.88. The number of nitrogens with one attached hydrogen (secondary N) is 2. The minimum atomic E-state index is -0.470. The Hall–Kier alpha value is -3.29. The van der Waals surface area contributed by atoms with E-state index in [2.05, 4.69) is 10.6 Å². The van der Waals surface area contributed by atoms with E-state index in [0.29, 0.717) is 30.2 Å². The molecule has 1 fully saturated rings. The predicted octanol–water partition coefficient (Wildman–Crippen LogP) is 3.16. The van der Waals surface area contributed by atoms with Gasteiger partial charge in [0.05, 0.1) is 19.1 Å². The lowest BCUT2D eigenvalue weighted by atomic mass is 10.1. The van der Waals surface area contributed by atoms with Crippen LogP contribution in [0, 0.1) is 10.1 Å². The minimum Gasteiger partial charge on any atom is -0.497 e. The lowest BCUT2D eigenvalue weighted by Crippen LogP contribution is -2.26. The number of rotatable bonds is 9. The van der Waals surface area contributed by atoms with E-state index in [4.69, 9.17) is 9.47 Å². The molecule has 0 heterocycles. The van der Waals surface area contributed by atoms with Gasteiger partial charge in [0.25, 0.3) is 11.6 Å². The van der Waals surface area contributed by atoms with Crippen molar-refractivity contribution in [1.82, 2.24) is 5.32 Å². The average Bonchev–Trinajstić information content (AvgIpc) is 3.51. The van der Waals surface area contributed by atoms with Crippen LogP contribution in [0.5, 0.6) is 11.5 Å². The van der Waals surface area contributed by atoms with Crippen LogP contribution in [-0.2, 0) is 6.42 Å². The second-order valence-corrected chi connectivity index (χ2v) is 6.59. The summed E-state index contributed by atoms with van der Waals surface area (Å²) in [5.74, 6) is 1.06. The highest BCUT2D eigenvalue weighted by Gasteiger charge is 2.25. The van der Waals surface area contributed by atoms with Crippen LogP contribution in [0.1, 0.15) is 28.8 Å². The van der Waals surface area contributed by atoms with Crippen LogP contribution in [0.15, 0.2) is 36.4 Å². The molecule has 0 unspecified atom stereocenters. The number of hydrogen-bond donors (Lipinski definition) is 2. The topological polar surface area (TPSA) is 103 Å². The van der Waals surface area contributed by atoms with Crippen molar-refractivity contribution >= 4 is 17.3 Å². The van der Waals surface area contributed by atoms with Gasteiger partial charge in [0.2, 0.25) is 0 Å². The van der Waals surface area contributed by atoms with E-state index >= 15 is 0 Å². The van der Waals surface area contributed by atoms with Crippen molar-refractivity contribution in [2.45, 2.75) is 25.3 Å². The molecule has 2 aromatic rings. The van der Waals surface area contributed by atoms with Gasteiger partial charge in [0.15, 0.2) is 0 Å². The molecule has 148 valence electrons. The highest BCUT2D eigenvalue weighted by molar-refractivity contribution is 5.95. The summed E-state index contributed by atoms with van der Waals surface area (Å²) < 4.78 is 10.5. The predicted molar refractivity (Wildman–Crippen MR) is 105 cm³/mol. The first-order valence-electron chi connectivity index (χ1n) is 9.06. The zero-order chi connectivity index (χ0) is 20.1. The molecule has 3 rings (SSSR count). The number of nitro groups is 1. The van der Waals surface area contributed by atoms with Crippen LogP contribution >= 0.6 is 0 Å². The van der Waals surface area contributed by atoms with Gasteiger partial charge < -0.3 is 20.1 Å². The Balaban J connectivity index is 1.65. The van der Waals surface area contributed by atoms with E-state index in [0.717, 1.165) is 18.4 Å². The van der Waals surface area contributed by atoms with Crippen molar-refractivity contribution in [2.24, 2.45) is 0 Å². The lowest BCUT2D eigenvalue weighted by Gasteiger charge is -2.11. The second kappa shape index (κ2) is 8.60. The van der Waals surface area contributed by atoms with Crippen LogP contribution in [0.3, 0.4) is 0 Å². The smallest absolute Gasteiger partial charge is 0.293 e. The monoisotopic (exact) mass is 385 g/mol. The molecule has 8 nitrogen and oxygen atoms in total. The molecule has 2 N–H and O–H groups in total. The Kier molecular flexibility index (Phi) is 5.98. The number of nitrogens with zero attached hydrogens (tertiary/aromatic N) is 1. The van der Waals surface area contributed by atoms with Gasteiger partial charge in [-0.25, -0.2) is 0 Å². The third kappa shape index (κ3) is 4.70. The van der Waals surface area contributed by atoms with Gasteiger partial charge in [-0.15, -0.1) is 0 Å². The second-order valence-electron chi connectivity index (χ2n) is 6.59. The number of ether oxygens (including phenoxy) is 2. The molecule has 0 aromatic heterocycles. The number of carbonyl (C=O) groups excluding carboxylic acids is 1. The summed E-state index contributed by atoms with van der Waals surface area (Å²) in [7, 11) is 3.17. The van der Waals surface area contributed by atoms with E-state index in [-0.39, 0.29) is 23.2 Å². The van der Waals surface area contributed by atoms with Crippen molar-refractivity contribution in [3.63, 3.8) is 0 Å². The van der Waals surface area contributed by atoms with Gasteiger partial charge in [-0.3, -0.25) is 14.9 Å². The van der Waals surface area contributed by atoms with Crippen molar-refractivity contribution < 1.29 is 19.2 Å². The fourth-order valence-electron chi connectivity index (χ4n) is 2.88. The highest BCUT2D eigenvalue weighted by Crippen LogP contribution is 2.31. The third-order valence-corrected chi connectivity index (χ3v) is 4.56. The molecular formula is C20H23N3O5. The Bertz CT molecular complexity index is 880. The van der Waals surface area contributed by atoms with E-state index in [9.17, 15) is 14.9 Å². The van der Waals surface area contributed by atoms with Crippen LogP contribution in [0.25, 0.3) is 0 Å². The SMILES string of the molecule is COc1ccc(OC)c(CCNC(=O)c2ccc(NC3CC3)c([N+](=O)[O-])c2)c1. The number of nitro benzene ring substituents is 1. The first kappa shape index (κ1) is 19.5. The number of carbonyl (C=O) groups is 1. The van der Waals surface area contributed by atoms with Gasteiger partial charge in [0.1, 0.15) is 17.2 Å². The maximum Gasteiger partial charge on any atom is 0.293 e. The summed E-state index contributed by atoms with van der Waals surface area (Å²) in [5, 5.41) is 17.3. The molecule has 0 atom stereocenters. The molecule has 1 aliphatic rings. The number of amides is 1. The van der Waals surface area contributed by atoms with Crippen molar-refractivity contribution in [3.8, 4) is 11.5 Å². The molecule has 1 aliphatic carbocycles. The summed E-state index contributed by atoms with van der Waals surface area (Å²) in [6.07, 6.45) is 2.55. The van der Waals surface area contributed by atoms with E-state index in [1.807, 2.05) is 12.1 Å². The molecule has 0 radical (unpaired) electrons. The number of hydrogen-bond acceptors (Lipinski definition) is 6. The highest BCUT2D eigenvalue weighted by atomic mass is 16.6. The van der Waals surface area contributed by atoms with Gasteiger partial charge in [-0.05, 0) is 55.2 Å². The van der Waals surface area contributed by atoms with Crippen molar-refractivity contribution in [2.75, 3.05) is 26.1 Å². The zero-order valence-electron chi connectivity index (χ0n) is 15.9. The first-order chi connectivity index (χ1) is 13.5. The zero-order valence-corrected chi connectivity index (χ0v) is 15.9. The molecule has 1 saturated carbocycles. The standard InChI is InChI=1S/C20H23N3O5/c1-27-16-6-8-19(28-2)13(11-16)9-10-21-20(24)14-3-7-17(22-15-4-5-15)18(12-14)23(25)26/h3,6-8,11-12,15,22H,4-5,9-10H2,1-2H3,(H,21,24). The fraction of sp³-hybridized carbons (Fsp3) is 0.350. The average molecular weight is 385 g/mol. The van der Waals surface area contributed by atoms with Gasteiger partial charge in [0, 0.05) is 24.2 Å². The number of methoxy groups -OCH3 is 2. The Morgan fingerprint density at radius 1 is 1.18 bits per heavy atom. The Labute approximate surface area is 163 Å².